The van der Waals surface area contributed by atoms with Gasteiger partial charge >= 0.3 is 6.03 Å². The summed E-state index contributed by atoms with van der Waals surface area (Å²) in [7, 11) is 0. The predicted octanol–water partition coefficient (Wildman–Crippen LogP) is 2.28. The molecule has 4 nitrogen and oxygen atoms in total. The molecular weight excluding hydrogens is 226 g/mol. The van der Waals surface area contributed by atoms with Crippen molar-refractivity contribution >= 4 is 17.4 Å². The Balaban J connectivity index is 1.81. The maximum Gasteiger partial charge on any atom is 0.322 e. The fraction of sp³-hybridized carbons (Fsp3) is 0.500. The summed E-state index contributed by atoms with van der Waals surface area (Å²) in [5.74, 6) is 0. The Bertz CT molecular complexity index is 468. The number of fused-ring (bicyclic) bond motifs is 1. The van der Waals surface area contributed by atoms with Crippen LogP contribution in [0.3, 0.4) is 0 Å². The summed E-state index contributed by atoms with van der Waals surface area (Å²) in [4.78, 5) is 14.1. The van der Waals surface area contributed by atoms with Crippen molar-refractivity contribution in [1.29, 1.82) is 0 Å². The third-order valence-corrected chi connectivity index (χ3v) is 3.96. The lowest BCUT2D eigenvalue weighted by Gasteiger charge is -2.34. The van der Waals surface area contributed by atoms with E-state index in [1.807, 2.05) is 23.1 Å². The lowest BCUT2D eigenvalue weighted by Crippen LogP contribution is -2.49. The van der Waals surface area contributed by atoms with Crippen molar-refractivity contribution in [2.75, 3.05) is 17.2 Å². The number of benzene rings is 1. The van der Waals surface area contributed by atoms with Gasteiger partial charge in [-0.25, -0.2) is 4.79 Å². The van der Waals surface area contributed by atoms with Gasteiger partial charge in [0, 0.05) is 18.3 Å². The number of urea groups is 1. The van der Waals surface area contributed by atoms with Gasteiger partial charge in [-0.1, -0.05) is 6.07 Å². The normalized spacial score (nSPS) is 19.0. The van der Waals surface area contributed by atoms with Gasteiger partial charge in [0.15, 0.2) is 0 Å². The highest BCUT2D eigenvalue weighted by Gasteiger charge is 2.27. The number of carbonyl (C=O) groups is 1. The second-order valence-electron chi connectivity index (χ2n) is 5.18. The average molecular weight is 245 g/mol. The molecule has 1 saturated carbocycles. The number of rotatable bonds is 1. The van der Waals surface area contributed by atoms with E-state index < -0.39 is 0 Å². The molecule has 0 bridgehead atoms. The van der Waals surface area contributed by atoms with E-state index in [2.05, 4.69) is 5.32 Å². The molecule has 0 spiro atoms. The predicted molar refractivity (Wildman–Crippen MR) is 72.7 cm³/mol. The van der Waals surface area contributed by atoms with Gasteiger partial charge in [0.2, 0.25) is 0 Å². The molecule has 1 aromatic carbocycles. The first-order valence-corrected chi connectivity index (χ1v) is 6.71. The van der Waals surface area contributed by atoms with E-state index in [1.54, 1.807) is 0 Å². The maximum atomic E-state index is 12.2. The number of hydrogen-bond donors (Lipinski definition) is 2. The highest BCUT2D eigenvalue weighted by atomic mass is 16.2. The first-order valence-electron chi connectivity index (χ1n) is 6.71. The standard InChI is InChI=1S/C14H19N3O/c15-12-7-2-8-13-11(12)6-3-9-17(13)14(18)16-10-4-1-5-10/h2,7-8,10H,1,3-6,9,15H2,(H,16,18). The van der Waals surface area contributed by atoms with Crippen LogP contribution in [0.4, 0.5) is 16.2 Å². The summed E-state index contributed by atoms with van der Waals surface area (Å²) in [5.41, 5.74) is 8.89. The van der Waals surface area contributed by atoms with Gasteiger partial charge in [0.25, 0.3) is 0 Å². The number of amides is 2. The van der Waals surface area contributed by atoms with Crippen molar-refractivity contribution in [3.05, 3.63) is 23.8 Å². The summed E-state index contributed by atoms with van der Waals surface area (Å²) in [5, 5.41) is 3.09. The van der Waals surface area contributed by atoms with Gasteiger partial charge in [0.05, 0.1) is 5.69 Å². The second-order valence-corrected chi connectivity index (χ2v) is 5.18. The van der Waals surface area contributed by atoms with Crippen LogP contribution in [0.5, 0.6) is 0 Å². The van der Waals surface area contributed by atoms with Crippen LogP contribution in [0.1, 0.15) is 31.2 Å². The molecule has 1 aliphatic heterocycles. The Hall–Kier alpha value is -1.71. The first kappa shape index (κ1) is 11.4. The smallest absolute Gasteiger partial charge is 0.322 e. The van der Waals surface area contributed by atoms with E-state index in [0.717, 1.165) is 49.2 Å². The van der Waals surface area contributed by atoms with E-state index >= 15 is 0 Å². The summed E-state index contributed by atoms with van der Waals surface area (Å²) in [6.45, 7) is 0.787. The fourth-order valence-corrected chi connectivity index (χ4v) is 2.67. The number of anilines is 2. The number of hydrogen-bond acceptors (Lipinski definition) is 2. The van der Waals surface area contributed by atoms with Crippen LogP contribution in [-0.4, -0.2) is 18.6 Å². The lowest BCUT2D eigenvalue weighted by molar-refractivity contribution is 0.233. The van der Waals surface area contributed by atoms with Crippen molar-refractivity contribution in [3.8, 4) is 0 Å². The molecule has 1 fully saturated rings. The minimum Gasteiger partial charge on any atom is -0.398 e. The summed E-state index contributed by atoms with van der Waals surface area (Å²) < 4.78 is 0. The molecule has 2 aliphatic rings. The van der Waals surface area contributed by atoms with Gasteiger partial charge in [-0.15, -0.1) is 0 Å². The van der Waals surface area contributed by atoms with Crippen LogP contribution in [0, 0.1) is 0 Å². The number of carbonyl (C=O) groups excluding carboxylic acids is 1. The van der Waals surface area contributed by atoms with E-state index in [9.17, 15) is 4.79 Å². The van der Waals surface area contributed by atoms with Crippen LogP contribution < -0.4 is 16.0 Å². The van der Waals surface area contributed by atoms with Crippen LogP contribution in [0.15, 0.2) is 18.2 Å². The Morgan fingerprint density at radius 2 is 2.17 bits per heavy atom. The third-order valence-electron chi connectivity index (χ3n) is 3.96. The van der Waals surface area contributed by atoms with Crippen LogP contribution >= 0.6 is 0 Å². The molecule has 4 heteroatoms. The molecule has 0 unspecified atom stereocenters. The zero-order valence-corrected chi connectivity index (χ0v) is 10.5. The molecule has 0 radical (unpaired) electrons. The van der Waals surface area contributed by atoms with Gasteiger partial charge < -0.3 is 11.1 Å². The minimum atomic E-state index is 0.0336. The van der Waals surface area contributed by atoms with Gasteiger partial charge in [-0.3, -0.25) is 4.90 Å². The monoisotopic (exact) mass is 245 g/mol. The number of nitrogens with two attached hydrogens (primary N) is 1. The van der Waals surface area contributed by atoms with E-state index in [4.69, 9.17) is 5.73 Å². The van der Waals surface area contributed by atoms with Crippen molar-refractivity contribution in [1.82, 2.24) is 5.32 Å². The maximum absolute atomic E-state index is 12.2. The molecule has 1 aliphatic carbocycles. The quantitative estimate of drug-likeness (QED) is 0.746. The van der Waals surface area contributed by atoms with Crippen LogP contribution in [-0.2, 0) is 6.42 Å². The summed E-state index contributed by atoms with van der Waals surface area (Å²) in [6.07, 6.45) is 5.41. The Labute approximate surface area is 107 Å². The molecule has 0 aromatic heterocycles. The molecular formula is C14H19N3O. The second kappa shape index (κ2) is 4.52. The topological polar surface area (TPSA) is 58.4 Å². The molecule has 1 aromatic rings. The zero-order chi connectivity index (χ0) is 12.5. The fourth-order valence-electron chi connectivity index (χ4n) is 2.67. The largest absolute Gasteiger partial charge is 0.398 e. The van der Waals surface area contributed by atoms with E-state index in [0.29, 0.717) is 6.04 Å². The molecule has 0 saturated heterocycles. The van der Waals surface area contributed by atoms with E-state index in [1.165, 1.54) is 6.42 Å². The summed E-state index contributed by atoms with van der Waals surface area (Å²) in [6, 6.07) is 6.23. The van der Waals surface area contributed by atoms with Crippen molar-refractivity contribution in [2.45, 2.75) is 38.1 Å². The SMILES string of the molecule is Nc1cccc2c1CCCN2C(=O)NC1CCC1. The summed E-state index contributed by atoms with van der Waals surface area (Å²) >= 11 is 0. The number of nitrogens with one attached hydrogen (secondary N) is 1. The van der Waals surface area contributed by atoms with Crippen LogP contribution in [0.2, 0.25) is 0 Å². The molecule has 18 heavy (non-hydrogen) atoms. The zero-order valence-electron chi connectivity index (χ0n) is 10.5. The molecule has 2 amide bonds. The first-order chi connectivity index (χ1) is 8.75. The highest BCUT2D eigenvalue weighted by molar-refractivity contribution is 5.94. The molecule has 0 atom stereocenters. The average Bonchev–Trinajstić information content (AvgIpc) is 2.33. The molecule has 96 valence electrons. The molecule has 3 N–H and O–H groups in total. The van der Waals surface area contributed by atoms with Crippen molar-refractivity contribution < 1.29 is 4.79 Å². The van der Waals surface area contributed by atoms with Gasteiger partial charge in [0.1, 0.15) is 0 Å². The number of nitrogen functional groups attached to an aromatic ring is 1. The van der Waals surface area contributed by atoms with Gasteiger partial charge in [-0.05, 0) is 49.8 Å². The molecule has 1 heterocycles. The Morgan fingerprint density at radius 1 is 1.33 bits per heavy atom. The Kier molecular flexibility index (Phi) is 2.86. The minimum absolute atomic E-state index is 0.0336. The Morgan fingerprint density at radius 3 is 2.89 bits per heavy atom. The van der Waals surface area contributed by atoms with Crippen molar-refractivity contribution in [2.24, 2.45) is 0 Å². The highest BCUT2D eigenvalue weighted by Crippen LogP contribution is 2.31. The lowest BCUT2D eigenvalue weighted by atomic mass is 9.93. The van der Waals surface area contributed by atoms with E-state index in [-0.39, 0.29) is 6.03 Å². The molecule has 3 rings (SSSR count). The van der Waals surface area contributed by atoms with Crippen LogP contribution in [0.25, 0.3) is 0 Å². The van der Waals surface area contributed by atoms with Crippen molar-refractivity contribution in [3.63, 3.8) is 0 Å². The third kappa shape index (κ3) is 1.92. The number of nitrogens with zero attached hydrogens (tertiary/aromatic N) is 1. The van der Waals surface area contributed by atoms with Gasteiger partial charge in [-0.2, -0.15) is 0 Å².